The molecule has 0 saturated heterocycles. The van der Waals surface area contributed by atoms with Gasteiger partial charge in [-0.15, -0.1) is 0 Å². The fourth-order valence-electron chi connectivity index (χ4n) is 2.51. The lowest BCUT2D eigenvalue weighted by Crippen LogP contribution is -2.04. The summed E-state index contributed by atoms with van der Waals surface area (Å²) in [5.74, 6) is 0.900. The van der Waals surface area contributed by atoms with Crippen molar-refractivity contribution >= 4 is 48.6 Å². The second-order valence-electron chi connectivity index (χ2n) is 5.26. The Balaban J connectivity index is 2.36. The van der Waals surface area contributed by atoms with Crippen LogP contribution in [0.15, 0.2) is 45.3 Å². The van der Waals surface area contributed by atoms with Crippen molar-refractivity contribution in [2.75, 3.05) is 5.73 Å². The Hall–Kier alpha value is -1.33. The molecule has 0 aliphatic carbocycles. The number of hydrogen-bond donors (Lipinski definition) is 1. The predicted octanol–water partition coefficient (Wildman–Crippen LogP) is 5.39. The van der Waals surface area contributed by atoms with Gasteiger partial charge in [-0.25, -0.2) is 4.98 Å². The Morgan fingerprint density at radius 1 is 1.05 bits per heavy atom. The number of anilines is 1. The van der Waals surface area contributed by atoms with E-state index in [-0.39, 0.29) is 0 Å². The van der Waals surface area contributed by atoms with E-state index in [2.05, 4.69) is 56.3 Å². The van der Waals surface area contributed by atoms with Crippen LogP contribution in [-0.4, -0.2) is 9.55 Å². The maximum absolute atomic E-state index is 6.16. The van der Waals surface area contributed by atoms with E-state index in [1.807, 2.05) is 30.3 Å². The summed E-state index contributed by atoms with van der Waals surface area (Å²) >= 11 is 7.01. The number of nitrogen functional groups attached to an aromatic ring is 1. The van der Waals surface area contributed by atoms with Crippen LogP contribution in [0.2, 0.25) is 0 Å². The minimum absolute atomic E-state index is 0.296. The first kappa shape index (κ1) is 14.6. The first-order chi connectivity index (χ1) is 9.97. The second kappa shape index (κ2) is 5.46. The highest BCUT2D eigenvalue weighted by Crippen LogP contribution is 2.34. The van der Waals surface area contributed by atoms with E-state index in [1.54, 1.807) is 0 Å². The lowest BCUT2D eigenvalue weighted by molar-refractivity contribution is 0.624. The van der Waals surface area contributed by atoms with Crippen molar-refractivity contribution in [3.63, 3.8) is 0 Å². The molecule has 1 aromatic heterocycles. The molecule has 0 amide bonds. The molecule has 3 aromatic rings. The lowest BCUT2D eigenvalue weighted by atomic mass is 10.1. The molecule has 0 unspecified atom stereocenters. The fraction of sp³-hybridized carbons (Fsp3) is 0.188. The number of imidazole rings is 1. The van der Waals surface area contributed by atoms with Crippen LogP contribution in [-0.2, 0) is 0 Å². The Bertz CT molecular complexity index is 822. The smallest absolute Gasteiger partial charge is 0.143 e. The van der Waals surface area contributed by atoms with E-state index < -0.39 is 0 Å². The summed E-state index contributed by atoms with van der Waals surface area (Å²) in [7, 11) is 0. The van der Waals surface area contributed by atoms with Gasteiger partial charge in [0.05, 0.1) is 11.0 Å². The third-order valence-corrected chi connectivity index (χ3v) is 4.41. The Labute approximate surface area is 140 Å². The van der Waals surface area contributed by atoms with Crippen molar-refractivity contribution in [2.24, 2.45) is 0 Å². The Kier molecular flexibility index (Phi) is 3.80. The number of hydrogen-bond acceptors (Lipinski definition) is 2. The monoisotopic (exact) mass is 407 g/mol. The van der Waals surface area contributed by atoms with E-state index in [9.17, 15) is 0 Å². The number of benzene rings is 2. The van der Waals surface area contributed by atoms with Gasteiger partial charge in [0.25, 0.3) is 0 Å². The molecule has 0 radical (unpaired) electrons. The van der Waals surface area contributed by atoms with Crippen LogP contribution in [0.5, 0.6) is 0 Å². The molecule has 0 aliphatic rings. The van der Waals surface area contributed by atoms with Gasteiger partial charge in [0.2, 0.25) is 0 Å². The molecule has 0 saturated carbocycles. The molecule has 2 N–H and O–H groups in total. The molecule has 0 fully saturated rings. The van der Waals surface area contributed by atoms with Gasteiger partial charge >= 0.3 is 0 Å². The SMILES string of the molecule is CC(C)n1c(-c2cc(Br)ccc2N)nc2cc(Br)ccc21. The minimum Gasteiger partial charge on any atom is -0.398 e. The third kappa shape index (κ3) is 2.60. The van der Waals surface area contributed by atoms with E-state index in [1.165, 1.54) is 0 Å². The summed E-state index contributed by atoms with van der Waals surface area (Å²) in [6.45, 7) is 4.31. The standard InChI is InChI=1S/C16H15Br2N3/c1-9(2)21-15-6-4-11(18)8-14(15)20-16(21)12-7-10(17)3-5-13(12)19/h3-9H,19H2,1-2H3. The zero-order valence-electron chi connectivity index (χ0n) is 11.8. The molecule has 2 aromatic carbocycles. The topological polar surface area (TPSA) is 43.8 Å². The highest BCUT2D eigenvalue weighted by molar-refractivity contribution is 9.10. The van der Waals surface area contributed by atoms with E-state index in [4.69, 9.17) is 10.7 Å². The Morgan fingerprint density at radius 2 is 1.71 bits per heavy atom. The van der Waals surface area contributed by atoms with Crippen molar-refractivity contribution in [3.8, 4) is 11.4 Å². The third-order valence-electron chi connectivity index (χ3n) is 3.42. The van der Waals surface area contributed by atoms with Gasteiger partial charge in [0.1, 0.15) is 5.82 Å². The van der Waals surface area contributed by atoms with Crippen LogP contribution >= 0.6 is 31.9 Å². The van der Waals surface area contributed by atoms with Crippen LogP contribution in [0.25, 0.3) is 22.4 Å². The maximum Gasteiger partial charge on any atom is 0.143 e. The molecule has 0 atom stereocenters. The number of aromatic nitrogens is 2. The Morgan fingerprint density at radius 3 is 2.43 bits per heavy atom. The van der Waals surface area contributed by atoms with Gasteiger partial charge in [0, 0.05) is 26.2 Å². The van der Waals surface area contributed by atoms with Gasteiger partial charge in [-0.3, -0.25) is 0 Å². The van der Waals surface area contributed by atoms with Gasteiger partial charge in [0.15, 0.2) is 0 Å². The van der Waals surface area contributed by atoms with Crippen LogP contribution < -0.4 is 5.73 Å². The average molecular weight is 409 g/mol. The van der Waals surface area contributed by atoms with Crippen molar-refractivity contribution in [1.29, 1.82) is 0 Å². The highest BCUT2D eigenvalue weighted by Gasteiger charge is 2.17. The van der Waals surface area contributed by atoms with Crippen LogP contribution in [0.3, 0.4) is 0 Å². The van der Waals surface area contributed by atoms with Crippen LogP contribution in [0, 0.1) is 0 Å². The predicted molar refractivity (Wildman–Crippen MR) is 95.4 cm³/mol. The van der Waals surface area contributed by atoms with Crippen molar-refractivity contribution in [3.05, 3.63) is 45.3 Å². The van der Waals surface area contributed by atoms with Crippen LogP contribution in [0.1, 0.15) is 19.9 Å². The zero-order valence-corrected chi connectivity index (χ0v) is 14.9. The average Bonchev–Trinajstić information content (AvgIpc) is 2.79. The summed E-state index contributed by atoms with van der Waals surface area (Å²) in [6.07, 6.45) is 0. The summed E-state index contributed by atoms with van der Waals surface area (Å²) in [4.78, 5) is 4.80. The summed E-state index contributed by atoms with van der Waals surface area (Å²) in [5.41, 5.74) is 9.92. The normalized spacial score (nSPS) is 11.5. The van der Waals surface area contributed by atoms with Crippen molar-refractivity contribution in [1.82, 2.24) is 9.55 Å². The number of nitrogens with zero attached hydrogens (tertiary/aromatic N) is 2. The molecule has 3 nitrogen and oxygen atoms in total. The van der Waals surface area contributed by atoms with Crippen molar-refractivity contribution in [2.45, 2.75) is 19.9 Å². The van der Waals surface area contributed by atoms with Gasteiger partial charge in [-0.2, -0.15) is 0 Å². The van der Waals surface area contributed by atoms with Crippen LogP contribution in [0.4, 0.5) is 5.69 Å². The maximum atomic E-state index is 6.16. The quantitative estimate of drug-likeness (QED) is 0.577. The van der Waals surface area contributed by atoms with E-state index >= 15 is 0 Å². The summed E-state index contributed by atoms with van der Waals surface area (Å²) in [6, 6.07) is 12.3. The second-order valence-corrected chi connectivity index (χ2v) is 7.10. The highest BCUT2D eigenvalue weighted by atomic mass is 79.9. The first-order valence-corrected chi connectivity index (χ1v) is 8.29. The largest absolute Gasteiger partial charge is 0.398 e. The molecule has 3 rings (SSSR count). The van der Waals surface area contributed by atoms with Gasteiger partial charge < -0.3 is 10.3 Å². The molecular formula is C16H15Br2N3. The van der Waals surface area contributed by atoms with Gasteiger partial charge in [-0.1, -0.05) is 31.9 Å². The molecule has 0 bridgehead atoms. The molecule has 21 heavy (non-hydrogen) atoms. The minimum atomic E-state index is 0.296. The molecule has 108 valence electrons. The summed E-state index contributed by atoms with van der Waals surface area (Å²) < 4.78 is 4.24. The number of nitrogens with two attached hydrogens (primary N) is 1. The van der Waals surface area contributed by atoms with E-state index in [0.29, 0.717) is 6.04 Å². The first-order valence-electron chi connectivity index (χ1n) is 6.70. The molecule has 0 spiro atoms. The van der Waals surface area contributed by atoms with E-state index in [0.717, 1.165) is 37.1 Å². The molecule has 1 heterocycles. The number of rotatable bonds is 2. The lowest BCUT2D eigenvalue weighted by Gasteiger charge is -2.14. The van der Waals surface area contributed by atoms with Crippen molar-refractivity contribution < 1.29 is 0 Å². The zero-order chi connectivity index (χ0) is 15.1. The van der Waals surface area contributed by atoms with Gasteiger partial charge in [-0.05, 0) is 50.2 Å². The fourth-order valence-corrected chi connectivity index (χ4v) is 3.22. The number of halogens is 2. The summed E-state index contributed by atoms with van der Waals surface area (Å²) in [5, 5.41) is 0. The molecule has 5 heteroatoms. The molecule has 0 aliphatic heterocycles. The number of fused-ring (bicyclic) bond motifs is 1. The molecular weight excluding hydrogens is 394 g/mol.